The second-order valence-electron chi connectivity index (χ2n) is 5.82. The van der Waals surface area contributed by atoms with Crippen molar-refractivity contribution in [3.8, 4) is 5.75 Å². The van der Waals surface area contributed by atoms with Crippen molar-refractivity contribution in [2.75, 3.05) is 5.43 Å². The third kappa shape index (κ3) is 5.08. The Morgan fingerprint density at radius 3 is 2.61 bits per heavy atom. The van der Waals surface area contributed by atoms with Crippen LogP contribution in [0.15, 0.2) is 71.8 Å². The maximum atomic E-state index is 13.6. The lowest BCUT2D eigenvalue weighted by Gasteiger charge is -2.07. The summed E-state index contributed by atoms with van der Waals surface area (Å²) in [5.41, 5.74) is 4.55. The van der Waals surface area contributed by atoms with Crippen LogP contribution in [0.25, 0.3) is 0 Å². The molecular weight excluding hydrogens is 383 g/mol. The summed E-state index contributed by atoms with van der Waals surface area (Å²) in [5.74, 6) is -0.800. The minimum atomic E-state index is -1.11. The van der Waals surface area contributed by atoms with E-state index in [0.717, 1.165) is 5.56 Å². The van der Waals surface area contributed by atoms with E-state index < -0.39 is 5.97 Å². The summed E-state index contributed by atoms with van der Waals surface area (Å²) in [6, 6.07) is 18.1. The third-order valence-electron chi connectivity index (χ3n) is 3.84. The number of hydrogen-bond donors (Lipinski definition) is 2. The summed E-state index contributed by atoms with van der Waals surface area (Å²) in [5, 5.41) is 13.3. The highest BCUT2D eigenvalue weighted by Gasteiger charge is 2.08. The van der Waals surface area contributed by atoms with Crippen molar-refractivity contribution in [3.63, 3.8) is 0 Å². The lowest BCUT2D eigenvalue weighted by atomic mass is 10.2. The molecule has 142 valence electrons. The number of halogens is 2. The van der Waals surface area contributed by atoms with Crippen molar-refractivity contribution >= 4 is 29.5 Å². The Morgan fingerprint density at radius 1 is 1.14 bits per heavy atom. The van der Waals surface area contributed by atoms with E-state index in [-0.39, 0.29) is 23.0 Å². The van der Waals surface area contributed by atoms with E-state index in [1.165, 1.54) is 18.2 Å². The Labute approximate surface area is 166 Å². The number of rotatable bonds is 7. The quantitative estimate of drug-likeness (QED) is 0.423. The van der Waals surface area contributed by atoms with Crippen LogP contribution in [-0.4, -0.2) is 17.3 Å². The lowest BCUT2D eigenvalue weighted by molar-refractivity contribution is 0.0697. The zero-order valence-corrected chi connectivity index (χ0v) is 15.4. The fraction of sp³-hybridized carbons (Fsp3) is 0.0476. The number of carboxylic acid groups (broad SMARTS) is 1. The second kappa shape index (κ2) is 9.01. The maximum absolute atomic E-state index is 13.6. The smallest absolute Gasteiger partial charge is 0.337 e. The van der Waals surface area contributed by atoms with Crippen LogP contribution in [0.5, 0.6) is 5.75 Å². The molecule has 0 saturated heterocycles. The van der Waals surface area contributed by atoms with Gasteiger partial charge in [0, 0.05) is 5.56 Å². The second-order valence-corrected chi connectivity index (χ2v) is 6.23. The molecule has 3 rings (SSSR count). The van der Waals surface area contributed by atoms with Gasteiger partial charge in [0.2, 0.25) is 0 Å². The van der Waals surface area contributed by atoms with Gasteiger partial charge in [0.25, 0.3) is 0 Å². The average Bonchev–Trinajstić information content (AvgIpc) is 2.69. The Balaban J connectivity index is 1.57. The molecule has 3 aromatic carbocycles. The van der Waals surface area contributed by atoms with Crippen molar-refractivity contribution in [2.45, 2.75) is 6.61 Å². The molecule has 3 aromatic rings. The number of hydrogen-bond acceptors (Lipinski definition) is 4. The summed E-state index contributed by atoms with van der Waals surface area (Å²) in [7, 11) is 0. The van der Waals surface area contributed by atoms with Crippen molar-refractivity contribution in [3.05, 3.63) is 94.3 Å². The van der Waals surface area contributed by atoms with Crippen LogP contribution >= 0.6 is 11.6 Å². The molecule has 0 bridgehead atoms. The highest BCUT2D eigenvalue weighted by molar-refractivity contribution is 6.33. The largest absolute Gasteiger partial charge is 0.489 e. The molecule has 0 aliphatic carbocycles. The minimum Gasteiger partial charge on any atom is -0.489 e. The number of nitrogens with zero attached hydrogens (tertiary/aromatic N) is 1. The molecule has 0 aromatic heterocycles. The number of benzene rings is 3. The standard InChI is InChI=1S/C21H16ClFN2O3/c22-19-10-7-16(11-18(19)21(26)27)25-24-12-14-5-8-17(9-6-14)28-13-15-3-1-2-4-20(15)23/h1-12,25H,13H2,(H,26,27)/b24-12+. The maximum Gasteiger partial charge on any atom is 0.337 e. The molecule has 0 unspecified atom stereocenters. The first-order valence-corrected chi connectivity index (χ1v) is 8.69. The van der Waals surface area contributed by atoms with Crippen molar-refractivity contribution in [2.24, 2.45) is 5.10 Å². The molecule has 2 N–H and O–H groups in total. The minimum absolute atomic E-state index is 0.00165. The first-order valence-electron chi connectivity index (χ1n) is 8.31. The molecule has 0 saturated carbocycles. The fourth-order valence-corrected chi connectivity index (χ4v) is 2.57. The topological polar surface area (TPSA) is 70.9 Å². The van der Waals surface area contributed by atoms with Gasteiger partial charge in [-0.1, -0.05) is 29.8 Å². The van der Waals surface area contributed by atoms with Crippen molar-refractivity contribution in [1.29, 1.82) is 0 Å². The van der Waals surface area contributed by atoms with Gasteiger partial charge in [-0.3, -0.25) is 5.43 Å². The fourth-order valence-electron chi connectivity index (χ4n) is 2.37. The number of carbonyl (C=O) groups is 1. The zero-order valence-electron chi connectivity index (χ0n) is 14.6. The number of aromatic carboxylic acids is 1. The summed E-state index contributed by atoms with van der Waals surface area (Å²) < 4.78 is 19.2. The van der Waals surface area contributed by atoms with Crippen molar-refractivity contribution in [1.82, 2.24) is 0 Å². The predicted molar refractivity (Wildman–Crippen MR) is 107 cm³/mol. The van der Waals surface area contributed by atoms with Crippen LogP contribution in [0.2, 0.25) is 5.02 Å². The van der Waals surface area contributed by atoms with Gasteiger partial charge in [-0.15, -0.1) is 0 Å². The third-order valence-corrected chi connectivity index (χ3v) is 4.17. The SMILES string of the molecule is O=C(O)c1cc(N/N=C/c2ccc(OCc3ccccc3F)cc2)ccc1Cl. The van der Waals surface area contributed by atoms with E-state index >= 15 is 0 Å². The Bertz CT molecular complexity index is 1010. The molecule has 0 amide bonds. The summed E-state index contributed by atoms with van der Waals surface area (Å²) >= 11 is 5.83. The molecule has 0 aliphatic rings. The molecule has 0 atom stereocenters. The van der Waals surface area contributed by atoms with Gasteiger partial charge in [-0.2, -0.15) is 5.10 Å². The summed E-state index contributed by atoms with van der Waals surface area (Å²) in [4.78, 5) is 11.1. The number of nitrogens with one attached hydrogen (secondary N) is 1. The van der Waals surface area contributed by atoms with E-state index in [9.17, 15) is 9.18 Å². The van der Waals surface area contributed by atoms with Crippen LogP contribution in [0.3, 0.4) is 0 Å². The Kier molecular flexibility index (Phi) is 6.24. The van der Waals surface area contributed by atoms with E-state index in [1.54, 1.807) is 54.7 Å². The lowest BCUT2D eigenvalue weighted by Crippen LogP contribution is -1.99. The van der Waals surface area contributed by atoms with Gasteiger partial charge in [0.15, 0.2) is 0 Å². The number of anilines is 1. The van der Waals surface area contributed by atoms with E-state index in [4.69, 9.17) is 21.4 Å². The van der Waals surface area contributed by atoms with Crippen LogP contribution in [0.1, 0.15) is 21.5 Å². The predicted octanol–water partition coefficient (Wildman–Crippen LogP) is 5.20. The number of carboxylic acids is 1. The normalized spacial score (nSPS) is 10.8. The Hall–Kier alpha value is -3.38. The van der Waals surface area contributed by atoms with E-state index in [0.29, 0.717) is 17.0 Å². The average molecular weight is 399 g/mol. The molecule has 0 radical (unpaired) electrons. The van der Waals surface area contributed by atoms with Crippen LogP contribution in [0.4, 0.5) is 10.1 Å². The summed E-state index contributed by atoms with van der Waals surface area (Å²) in [6.45, 7) is 0.143. The van der Waals surface area contributed by atoms with Crippen LogP contribution in [0, 0.1) is 5.82 Å². The van der Waals surface area contributed by atoms with Gasteiger partial charge in [-0.25, -0.2) is 9.18 Å². The monoisotopic (exact) mass is 398 g/mol. The first kappa shape index (κ1) is 19.4. The molecule has 5 nitrogen and oxygen atoms in total. The highest BCUT2D eigenvalue weighted by atomic mass is 35.5. The van der Waals surface area contributed by atoms with Gasteiger partial charge in [0.1, 0.15) is 18.2 Å². The van der Waals surface area contributed by atoms with Gasteiger partial charge in [0.05, 0.1) is 22.5 Å². The highest BCUT2D eigenvalue weighted by Crippen LogP contribution is 2.20. The molecule has 28 heavy (non-hydrogen) atoms. The van der Waals surface area contributed by atoms with Crippen LogP contribution < -0.4 is 10.2 Å². The van der Waals surface area contributed by atoms with Crippen molar-refractivity contribution < 1.29 is 19.0 Å². The van der Waals surface area contributed by atoms with E-state index in [1.807, 2.05) is 0 Å². The number of ether oxygens (including phenoxy) is 1. The Morgan fingerprint density at radius 2 is 1.89 bits per heavy atom. The zero-order chi connectivity index (χ0) is 19.9. The molecule has 0 aliphatic heterocycles. The summed E-state index contributed by atoms with van der Waals surface area (Å²) in [6.07, 6.45) is 1.58. The molecule has 0 fully saturated rings. The van der Waals surface area contributed by atoms with Gasteiger partial charge >= 0.3 is 5.97 Å². The van der Waals surface area contributed by atoms with Gasteiger partial charge in [-0.05, 0) is 54.1 Å². The first-order chi connectivity index (χ1) is 13.5. The molecular formula is C21H16ClFN2O3. The van der Waals surface area contributed by atoms with E-state index in [2.05, 4.69) is 10.5 Å². The molecule has 7 heteroatoms. The molecule has 0 heterocycles. The van der Waals surface area contributed by atoms with Gasteiger partial charge < -0.3 is 9.84 Å². The number of hydrazone groups is 1. The molecule has 0 spiro atoms. The van der Waals surface area contributed by atoms with Crippen LogP contribution in [-0.2, 0) is 6.61 Å².